The first kappa shape index (κ1) is 20.7. The smallest absolute Gasteiger partial charge is 0.234 e. The fourth-order valence-electron chi connectivity index (χ4n) is 2.93. The lowest BCUT2D eigenvalue weighted by Crippen LogP contribution is -2.50. The summed E-state index contributed by atoms with van der Waals surface area (Å²) >= 11 is 3.45. The van der Waals surface area contributed by atoms with Crippen LogP contribution in [0, 0.1) is 0 Å². The zero-order chi connectivity index (χ0) is 18.8. The first-order chi connectivity index (χ1) is 12.6. The van der Waals surface area contributed by atoms with Crippen LogP contribution in [0.5, 0.6) is 0 Å². The van der Waals surface area contributed by atoms with E-state index in [0.29, 0.717) is 12.6 Å². The van der Waals surface area contributed by atoms with Gasteiger partial charge in [0.15, 0.2) is 5.96 Å². The summed E-state index contributed by atoms with van der Waals surface area (Å²) < 4.78 is 1.08. The molecule has 26 heavy (non-hydrogen) atoms. The summed E-state index contributed by atoms with van der Waals surface area (Å²) in [5.41, 5.74) is 1.21. The molecule has 0 unspecified atom stereocenters. The number of amides is 1. The van der Waals surface area contributed by atoms with Gasteiger partial charge in [0.05, 0.1) is 6.54 Å². The molecule has 1 aliphatic rings. The predicted octanol–water partition coefficient (Wildman–Crippen LogP) is 2.10. The Labute approximate surface area is 165 Å². The van der Waals surface area contributed by atoms with Gasteiger partial charge in [0.2, 0.25) is 5.91 Å². The minimum absolute atomic E-state index is 0.130. The SMILES string of the molecule is CCCNC(=O)CN1CCC(NC(=NC)NCc2ccc(Br)cc2)CC1. The Bertz CT molecular complexity index is 582. The van der Waals surface area contributed by atoms with E-state index in [4.69, 9.17) is 0 Å². The molecule has 0 aliphatic carbocycles. The van der Waals surface area contributed by atoms with Crippen molar-refractivity contribution in [3.8, 4) is 0 Å². The van der Waals surface area contributed by atoms with E-state index in [2.05, 4.69) is 60.8 Å². The molecule has 7 heteroatoms. The topological polar surface area (TPSA) is 68.8 Å². The first-order valence-corrected chi connectivity index (χ1v) is 10.1. The molecule has 1 amide bonds. The summed E-state index contributed by atoms with van der Waals surface area (Å²) in [6.45, 7) is 5.93. The molecule has 0 bridgehead atoms. The summed E-state index contributed by atoms with van der Waals surface area (Å²) in [6, 6.07) is 8.65. The molecule has 0 saturated carbocycles. The number of hydrogen-bond donors (Lipinski definition) is 3. The van der Waals surface area contributed by atoms with Gasteiger partial charge in [0, 0.05) is 43.7 Å². The second-order valence-electron chi connectivity index (χ2n) is 6.60. The van der Waals surface area contributed by atoms with Crippen LogP contribution >= 0.6 is 15.9 Å². The lowest BCUT2D eigenvalue weighted by atomic mass is 10.1. The van der Waals surface area contributed by atoms with Gasteiger partial charge in [-0.1, -0.05) is 35.0 Å². The zero-order valence-corrected chi connectivity index (χ0v) is 17.3. The minimum Gasteiger partial charge on any atom is -0.355 e. The van der Waals surface area contributed by atoms with Gasteiger partial charge in [0.25, 0.3) is 0 Å². The van der Waals surface area contributed by atoms with Crippen LogP contribution in [0.3, 0.4) is 0 Å². The number of nitrogens with zero attached hydrogens (tertiary/aromatic N) is 2. The third kappa shape index (κ3) is 7.33. The van der Waals surface area contributed by atoms with Crippen LogP contribution in [0.2, 0.25) is 0 Å². The number of likely N-dealkylation sites (tertiary alicyclic amines) is 1. The second-order valence-corrected chi connectivity index (χ2v) is 7.51. The van der Waals surface area contributed by atoms with Crippen molar-refractivity contribution in [1.29, 1.82) is 0 Å². The summed E-state index contributed by atoms with van der Waals surface area (Å²) in [7, 11) is 1.80. The highest BCUT2D eigenvalue weighted by Crippen LogP contribution is 2.11. The Morgan fingerprint density at radius 3 is 2.54 bits per heavy atom. The lowest BCUT2D eigenvalue weighted by Gasteiger charge is -2.32. The lowest BCUT2D eigenvalue weighted by molar-refractivity contribution is -0.122. The number of carbonyl (C=O) groups excluding carboxylic acids is 1. The second kappa shape index (κ2) is 11.2. The van der Waals surface area contributed by atoms with Crippen molar-refractivity contribution in [2.24, 2.45) is 4.99 Å². The average Bonchev–Trinajstić information content (AvgIpc) is 2.66. The largest absolute Gasteiger partial charge is 0.355 e. The average molecular weight is 424 g/mol. The molecular formula is C19H30BrN5O. The molecule has 1 aromatic rings. The van der Waals surface area contributed by atoms with Crippen LogP contribution in [-0.4, -0.2) is 56.0 Å². The number of halogens is 1. The van der Waals surface area contributed by atoms with Crippen molar-refractivity contribution < 1.29 is 4.79 Å². The van der Waals surface area contributed by atoms with E-state index in [1.807, 2.05) is 12.1 Å². The molecule has 1 heterocycles. The normalized spacial score (nSPS) is 16.3. The molecular weight excluding hydrogens is 394 g/mol. The van der Waals surface area contributed by atoms with Crippen LogP contribution in [0.4, 0.5) is 0 Å². The standard InChI is InChI=1S/C19H30BrN5O/c1-3-10-22-18(26)14-25-11-8-17(9-12-25)24-19(21-2)23-13-15-4-6-16(20)7-5-15/h4-7,17H,3,8-14H2,1-2H3,(H,22,26)(H2,21,23,24). The molecule has 1 saturated heterocycles. The zero-order valence-electron chi connectivity index (χ0n) is 15.7. The summed E-state index contributed by atoms with van der Waals surface area (Å²) in [5, 5.41) is 9.80. The molecule has 0 radical (unpaired) electrons. The fourth-order valence-corrected chi connectivity index (χ4v) is 3.20. The van der Waals surface area contributed by atoms with Crippen molar-refractivity contribution in [3.05, 3.63) is 34.3 Å². The molecule has 0 spiro atoms. The number of rotatable bonds is 7. The van der Waals surface area contributed by atoms with Crippen LogP contribution in [0.25, 0.3) is 0 Å². The van der Waals surface area contributed by atoms with Crippen LogP contribution in [0.15, 0.2) is 33.7 Å². The van der Waals surface area contributed by atoms with Gasteiger partial charge < -0.3 is 16.0 Å². The van der Waals surface area contributed by atoms with Crippen molar-refractivity contribution in [1.82, 2.24) is 20.9 Å². The van der Waals surface area contributed by atoms with Crippen LogP contribution < -0.4 is 16.0 Å². The first-order valence-electron chi connectivity index (χ1n) is 9.31. The van der Waals surface area contributed by atoms with Gasteiger partial charge in [-0.3, -0.25) is 14.7 Å². The van der Waals surface area contributed by atoms with Gasteiger partial charge in [-0.05, 0) is 37.0 Å². The highest BCUT2D eigenvalue weighted by atomic mass is 79.9. The number of nitrogens with one attached hydrogen (secondary N) is 3. The molecule has 2 rings (SSSR count). The Kier molecular flexibility index (Phi) is 8.91. The number of benzene rings is 1. The van der Waals surface area contributed by atoms with E-state index in [0.717, 1.165) is 55.9 Å². The quantitative estimate of drug-likeness (QED) is 0.463. The highest BCUT2D eigenvalue weighted by molar-refractivity contribution is 9.10. The van der Waals surface area contributed by atoms with Gasteiger partial charge in [-0.2, -0.15) is 0 Å². The van der Waals surface area contributed by atoms with Crippen molar-refractivity contribution in [2.45, 2.75) is 38.8 Å². The van der Waals surface area contributed by atoms with Gasteiger partial charge >= 0.3 is 0 Å². The molecule has 6 nitrogen and oxygen atoms in total. The molecule has 0 atom stereocenters. The number of aliphatic imine (C=N–C) groups is 1. The maximum Gasteiger partial charge on any atom is 0.234 e. The number of piperidine rings is 1. The van der Waals surface area contributed by atoms with Gasteiger partial charge in [0.1, 0.15) is 0 Å². The van der Waals surface area contributed by atoms with Gasteiger partial charge in [-0.25, -0.2) is 0 Å². The van der Waals surface area contributed by atoms with Crippen molar-refractivity contribution in [3.63, 3.8) is 0 Å². The molecule has 0 aromatic heterocycles. The predicted molar refractivity (Wildman–Crippen MR) is 110 cm³/mol. The molecule has 1 aliphatic heterocycles. The summed E-state index contributed by atoms with van der Waals surface area (Å²) in [4.78, 5) is 18.4. The maximum absolute atomic E-state index is 11.8. The van der Waals surface area contributed by atoms with Crippen molar-refractivity contribution in [2.75, 3.05) is 33.2 Å². The van der Waals surface area contributed by atoms with E-state index >= 15 is 0 Å². The number of hydrogen-bond acceptors (Lipinski definition) is 3. The summed E-state index contributed by atoms with van der Waals surface area (Å²) in [5.74, 6) is 0.956. The Hall–Kier alpha value is -1.60. The van der Waals surface area contributed by atoms with Crippen LogP contribution in [-0.2, 0) is 11.3 Å². The number of guanidine groups is 1. The highest BCUT2D eigenvalue weighted by Gasteiger charge is 2.21. The monoisotopic (exact) mass is 423 g/mol. The summed E-state index contributed by atoms with van der Waals surface area (Å²) in [6.07, 6.45) is 3.00. The fraction of sp³-hybridized carbons (Fsp3) is 0.579. The van der Waals surface area contributed by atoms with E-state index < -0.39 is 0 Å². The Balaban J connectivity index is 1.69. The molecule has 1 fully saturated rings. The molecule has 3 N–H and O–H groups in total. The van der Waals surface area contributed by atoms with E-state index in [1.54, 1.807) is 7.05 Å². The van der Waals surface area contributed by atoms with Crippen molar-refractivity contribution >= 4 is 27.8 Å². The van der Waals surface area contributed by atoms with Gasteiger partial charge in [-0.15, -0.1) is 0 Å². The maximum atomic E-state index is 11.8. The van der Waals surface area contributed by atoms with Crippen LogP contribution in [0.1, 0.15) is 31.7 Å². The van der Waals surface area contributed by atoms with E-state index in [-0.39, 0.29) is 5.91 Å². The molecule has 1 aromatic carbocycles. The molecule has 144 valence electrons. The van der Waals surface area contributed by atoms with E-state index in [9.17, 15) is 4.79 Å². The third-order valence-electron chi connectivity index (χ3n) is 4.46. The Morgan fingerprint density at radius 1 is 1.23 bits per heavy atom. The van der Waals surface area contributed by atoms with E-state index in [1.165, 1.54) is 5.56 Å². The Morgan fingerprint density at radius 2 is 1.92 bits per heavy atom. The minimum atomic E-state index is 0.130. The third-order valence-corrected chi connectivity index (χ3v) is 4.99. The number of carbonyl (C=O) groups is 1.